The highest BCUT2D eigenvalue weighted by Crippen LogP contribution is 2.21. The van der Waals surface area contributed by atoms with Crippen LogP contribution in [0.5, 0.6) is 0 Å². The van der Waals surface area contributed by atoms with Gasteiger partial charge in [0.2, 0.25) is 0 Å². The zero-order chi connectivity index (χ0) is 15.4. The second-order valence-corrected chi connectivity index (χ2v) is 5.92. The van der Waals surface area contributed by atoms with Crippen LogP contribution in [0.15, 0.2) is 28.7 Å². The summed E-state index contributed by atoms with van der Waals surface area (Å²) in [7, 11) is 5.02. The monoisotopic (exact) mass is 357 g/mol. The summed E-state index contributed by atoms with van der Waals surface area (Å²) in [5.41, 5.74) is 0.626. The lowest BCUT2D eigenvalue weighted by Crippen LogP contribution is -2.57. The van der Waals surface area contributed by atoms with Crippen molar-refractivity contribution in [2.24, 2.45) is 0 Å². The summed E-state index contributed by atoms with van der Waals surface area (Å²) in [4.78, 5) is 14.3. The van der Waals surface area contributed by atoms with Gasteiger partial charge in [0.25, 0.3) is 5.91 Å². The van der Waals surface area contributed by atoms with Gasteiger partial charge in [0.1, 0.15) is 12.2 Å². The first kappa shape index (κ1) is 16.4. The minimum Gasteiger partial charge on any atom is -0.376 e. The number of rotatable bonds is 4. The van der Waals surface area contributed by atoms with Crippen molar-refractivity contribution in [3.05, 3.63) is 34.3 Å². The molecule has 21 heavy (non-hydrogen) atoms. The van der Waals surface area contributed by atoms with Crippen LogP contribution in [0, 0.1) is 0 Å². The molecule has 0 saturated carbocycles. The Balaban J connectivity index is 2.17. The lowest BCUT2D eigenvalue weighted by Gasteiger charge is -2.40. The molecule has 116 valence electrons. The fourth-order valence-corrected chi connectivity index (χ4v) is 2.96. The van der Waals surface area contributed by atoms with E-state index in [0.29, 0.717) is 18.8 Å². The fourth-order valence-electron chi connectivity index (χ4n) is 2.56. The van der Waals surface area contributed by atoms with E-state index in [1.54, 1.807) is 38.3 Å². The molecule has 2 rings (SSSR count). The second-order valence-electron chi connectivity index (χ2n) is 5.01. The van der Waals surface area contributed by atoms with Gasteiger partial charge in [-0.3, -0.25) is 4.79 Å². The predicted octanol–water partition coefficient (Wildman–Crippen LogP) is 1.95. The second kappa shape index (κ2) is 7.35. The standard InChI is InChI=1S/C15H20BrNO4/c1-17(15(18)10-5-4-6-11(16)7-10)12-8-21-9-13(19-2)14(12)20-3/h4-7,12-14H,8-9H2,1-3H3/t12-,13-,14+/m1/s1. The molecule has 1 amide bonds. The summed E-state index contributed by atoms with van der Waals surface area (Å²) in [5, 5.41) is 0. The number of amides is 1. The Labute approximate surface area is 133 Å². The molecule has 1 saturated heterocycles. The SMILES string of the molecule is CO[C@H]1[C@H](N(C)C(=O)c2cccc(Br)c2)COC[C@H]1OC. The normalized spacial score (nSPS) is 25.6. The molecule has 1 aromatic carbocycles. The molecule has 0 spiro atoms. The molecular formula is C15H20BrNO4. The smallest absolute Gasteiger partial charge is 0.254 e. The van der Waals surface area contributed by atoms with Crippen LogP contribution >= 0.6 is 15.9 Å². The van der Waals surface area contributed by atoms with Crippen molar-refractivity contribution in [3.8, 4) is 0 Å². The first-order valence-corrected chi connectivity index (χ1v) is 7.53. The maximum Gasteiger partial charge on any atom is 0.254 e. The maximum absolute atomic E-state index is 12.6. The Morgan fingerprint density at radius 2 is 2.10 bits per heavy atom. The number of hydrogen-bond acceptors (Lipinski definition) is 4. The zero-order valence-corrected chi connectivity index (χ0v) is 14.0. The van der Waals surface area contributed by atoms with Crippen molar-refractivity contribution in [1.29, 1.82) is 0 Å². The maximum atomic E-state index is 12.6. The number of halogens is 1. The third kappa shape index (κ3) is 3.63. The summed E-state index contributed by atoms with van der Waals surface area (Å²) in [6.45, 7) is 0.916. The van der Waals surface area contributed by atoms with E-state index in [-0.39, 0.29) is 24.2 Å². The number of benzene rings is 1. The average Bonchev–Trinajstić information content (AvgIpc) is 2.52. The molecule has 1 aliphatic heterocycles. The Kier molecular flexibility index (Phi) is 5.75. The van der Waals surface area contributed by atoms with Crippen LogP contribution in [-0.4, -0.2) is 63.5 Å². The summed E-state index contributed by atoms with van der Waals surface area (Å²) in [6.07, 6.45) is -0.378. The van der Waals surface area contributed by atoms with Crippen LogP contribution in [0.3, 0.4) is 0 Å². The molecule has 0 bridgehead atoms. The number of nitrogens with zero attached hydrogens (tertiary/aromatic N) is 1. The van der Waals surface area contributed by atoms with Crippen molar-refractivity contribution in [1.82, 2.24) is 4.90 Å². The third-order valence-corrected chi connectivity index (χ3v) is 4.27. The molecule has 0 aliphatic carbocycles. The molecule has 0 radical (unpaired) electrons. The number of carbonyl (C=O) groups excluding carboxylic acids is 1. The van der Waals surface area contributed by atoms with Crippen molar-refractivity contribution in [2.45, 2.75) is 18.2 Å². The average molecular weight is 358 g/mol. The van der Waals surface area contributed by atoms with E-state index >= 15 is 0 Å². The molecule has 0 unspecified atom stereocenters. The van der Waals surface area contributed by atoms with E-state index < -0.39 is 0 Å². The van der Waals surface area contributed by atoms with Crippen LogP contribution in [0.2, 0.25) is 0 Å². The van der Waals surface area contributed by atoms with Gasteiger partial charge in [-0.15, -0.1) is 0 Å². The largest absolute Gasteiger partial charge is 0.376 e. The summed E-state index contributed by atoms with van der Waals surface area (Å²) < 4.78 is 17.3. The Bertz CT molecular complexity index is 496. The fraction of sp³-hybridized carbons (Fsp3) is 0.533. The number of methoxy groups -OCH3 is 2. The quantitative estimate of drug-likeness (QED) is 0.826. The first-order chi connectivity index (χ1) is 10.1. The third-order valence-electron chi connectivity index (χ3n) is 3.78. The molecule has 1 heterocycles. The lowest BCUT2D eigenvalue weighted by atomic mass is 10.0. The van der Waals surface area contributed by atoms with E-state index in [1.165, 1.54) is 0 Å². The van der Waals surface area contributed by atoms with Crippen molar-refractivity contribution < 1.29 is 19.0 Å². The molecule has 1 aliphatic rings. The number of ether oxygens (including phenoxy) is 3. The van der Waals surface area contributed by atoms with Crippen LogP contribution < -0.4 is 0 Å². The topological polar surface area (TPSA) is 48.0 Å². The van der Waals surface area contributed by atoms with Gasteiger partial charge in [-0.2, -0.15) is 0 Å². The van der Waals surface area contributed by atoms with Gasteiger partial charge in [0.15, 0.2) is 0 Å². The highest BCUT2D eigenvalue weighted by Gasteiger charge is 2.38. The van der Waals surface area contributed by atoms with Gasteiger partial charge in [-0.25, -0.2) is 0 Å². The highest BCUT2D eigenvalue weighted by molar-refractivity contribution is 9.10. The van der Waals surface area contributed by atoms with Crippen LogP contribution in [-0.2, 0) is 14.2 Å². The van der Waals surface area contributed by atoms with Crippen LogP contribution in [0.25, 0.3) is 0 Å². The van der Waals surface area contributed by atoms with Crippen LogP contribution in [0.1, 0.15) is 10.4 Å². The minimum absolute atomic E-state index is 0.0660. The minimum atomic E-state index is -0.204. The van der Waals surface area contributed by atoms with Gasteiger partial charge in [-0.1, -0.05) is 22.0 Å². The van der Waals surface area contributed by atoms with Crippen LogP contribution in [0.4, 0.5) is 0 Å². The summed E-state index contributed by atoms with van der Waals surface area (Å²) in [6, 6.07) is 7.15. The predicted molar refractivity (Wildman–Crippen MR) is 82.4 cm³/mol. The van der Waals surface area contributed by atoms with E-state index in [9.17, 15) is 4.79 Å². The number of likely N-dealkylation sites (N-methyl/N-ethyl adjacent to an activating group) is 1. The van der Waals surface area contributed by atoms with Gasteiger partial charge < -0.3 is 19.1 Å². The highest BCUT2D eigenvalue weighted by atomic mass is 79.9. The molecule has 1 aromatic rings. The molecule has 0 N–H and O–H groups in total. The van der Waals surface area contributed by atoms with Crippen molar-refractivity contribution in [3.63, 3.8) is 0 Å². The number of carbonyl (C=O) groups is 1. The van der Waals surface area contributed by atoms with E-state index in [2.05, 4.69) is 15.9 Å². The van der Waals surface area contributed by atoms with E-state index in [4.69, 9.17) is 14.2 Å². The first-order valence-electron chi connectivity index (χ1n) is 6.74. The van der Waals surface area contributed by atoms with Crippen molar-refractivity contribution in [2.75, 3.05) is 34.5 Å². The molecule has 1 fully saturated rings. The Hall–Kier alpha value is -0.950. The Morgan fingerprint density at radius 3 is 2.71 bits per heavy atom. The molecule has 0 aromatic heterocycles. The summed E-state index contributed by atoms with van der Waals surface area (Å²) in [5.74, 6) is -0.0660. The molecule has 3 atom stereocenters. The van der Waals surface area contributed by atoms with Crippen molar-refractivity contribution >= 4 is 21.8 Å². The number of hydrogen-bond donors (Lipinski definition) is 0. The van der Waals surface area contributed by atoms with E-state index in [1.807, 2.05) is 12.1 Å². The molecule has 6 heteroatoms. The van der Waals surface area contributed by atoms with Gasteiger partial charge in [-0.05, 0) is 18.2 Å². The lowest BCUT2D eigenvalue weighted by molar-refractivity contribution is -0.147. The Morgan fingerprint density at radius 1 is 1.33 bits per heavy atom. The van der Waals surface area contributed by atoms with Gasteiger partial charge in [0.05, 0.1) is 19.3 Å². The zero-order valence-electron chi connectivity index (χ0n) is 12.4. The molecular weight excluding hydrogens is 338 g/mol. The molecule has 5 nitrogen and oxygen atoms in total. The van der Waals surface area contributed by atoms with E-state index in [0.717, 1.165) is 4.47 Å². The summed E-state index contributed by atoms with van der Waals surface area (Å²) >= 11 is 3.38. The van der Waals surface area contributed by atoms with Gasteiger partial charge in [0, 0.05) is 31.3 Å². The van der Waals surface area contributed by atoms with Gasteiger partial charge >= 0.3 is 0 Å².